The third kappa shape index (κ3) is 2.33. The number of benzene rings is 4. The lowest BCUT2D eigenvalue weighted by Crippen LogP contribution is -1.90. The summed E-state index contributed by atoms with van der Waals surface area (Å²) in [5.41, 5.74) is 4.56. The van der Waals surface area contributed by atoms with E-state index in [1.165, 1.54) is 32.7 Å². The van der Waals surface area contributed by atoms with Gasteiger partial charge in [0.25, 0.3) is 0 Å². The maximum absolute atomic E-state index is 5.00. The maximum atomic E-state index is 5.00. The highest BCUT2D eigenvalue weighted by molar-refractivity contribution is 9.10. The van der Waals surface area contributed by atoms with Crippen molar-refractivity contribution in [3.8, 4) is 11.1 Å². The summed E-state index contributed by atoms with van der Waals surface area (Å²) in [6, 6.07) is 29.8. The molecule has 0 amide bonds. The van der Waals surface area contributed by atoms with Crippen LogP contribution in [0.15, 0.2) is 89.4 Å². The van der Waals surface area contributed by atoms with Crippen LogP contribution in [0.3, 0.4) is 0 Å². The second-order valence-corrected chi connectivity index (χ2v) is 7.11. The molecule has 0 fully saturated rings. The van der Waals surface area contributed by atoms with Crippen LogP contribution in [-0.2, 0) is 0 Å². The molecule has 1 heterocycles. The zero-order chi connectivity index (χ0) is 16.8. The van der Waals surface area contributed by atoms with E-state index in [0.717, 1.165) is 15.5 Å². The fourth-order valence-electron chi connectivity index (χ4n) is 3.55. The highest BCUT2D eigenvalue weighted by atomic mass is 79.9. The lowest BCUT2D eigenvalue weighted by Gasteiger charge is -2.13. The summed E-state index contributed by atoms with van der Waals surface area (Å²) in [4.78, 5) is 5.00. The number of fused-ring (bicyclic) bond motifs is 4. The van der Waals surface area contributed by atoms with Crippen molar-refractivity contribution in [3.63, 3.8) is 0 Å². The van der Waals surface area contributed by atoms with Crippen molar-refractivity contribution in [2.45, 2.75) is 0 Å². The predicted octanol–water partition coefficient (Wildman–Crippen LogP) is 6.97. The van der Waals surface area contributed by atoms with E-state index < -0.39 is 0 Å². The zero-order valence-electron chi connectivity index (χ0n) is 13.4. The molecule has 118 valence electrons. The van der Waals surface area contributed by atoms with Crippen molar-refractivity contribution in [1.82, 2.24) is 4.98 Å². The van der Waals surface area contributed by atoms with Gasteiger partial charge in [-0.25, -0.2) is 4.98 Å². The van der Waals surface area contributed by atoms with Gasteiger partial charge in [0.15, 0.2) is 0 Å². The number of pyridine rings is 1. The largest absolute Gasteiger partial charge is 0.247 e. The van der Waals surface area contributed by atoms with Gasteiger partial charge in [0.2, 0.25) is 0 Å². The lowest BCUT2D eigenvalue weighted by molar-refractivity contribution is 1.51. The van der Waals surface area contributed by atoms with Gasteiger partial charge >= 0.3 is 0 Å². The molecule has 0 atom stereocenters. The molecule has 25 heavy (non-hydrogen) atoms. The molecule has 0 N–H and O–H groups in total. The van der Waals surface area contributed by atoms with Crippen LogP contribution in [-0.4, -0.2) is 4.98 Å². The molecular formula is C23H14BrN. The molecule has 0 saturated carbocycles. The van der Waals surface area contributed by atoms with Gasteiger partial charge in [0.05, 0.1) is 11.0 Å². The summed E-state index contributed by atoms with van der Waals surface area (Å²) in [6.45, 7) is 0. The second kappa shape index (κ2) is 5.68. The van der Waals surface area contributed by atoms with Crippen LogP contribution in [0.4, 0.5) is 0 Å². The SMILES string of the molecule is Brc1ccc(-c2c3ccccc3nc3c2ccc2ccccc23)cc1. The number of hydrogen-bond donors (Lipinski definition) is 0. The molecule has 0 bridgehead atoms. The Bertz CT molecular complexity index is 1240. The van der Waals surface area contributed by atoms with Crippen LogP contribution in [0.5, 0.6) is 0 Å². The van der Waals surface area contributed by atoms with Crippen molar-refractivity contribution in [2.75, 3.05) is 0 Å². The minimum absolute atomic E-state index is 1.03. The summed E-state index contributed by atoms with van der Waals surface area (Å²) >= 11 is 3.54. The summed E-state index contributed by atoms with van der Waals surface area (Å²) < 4.78 is 1.09. The third-order valence-corrected chi connectivity index (χ3v) is 5.24. The molecule has 0 aliphatic carbocycles. The summed E-state index contributed by atoms with van der Waals surface area (Å²) in [7, 11) is 0. The Morgan fingerprint density at radius 2 is 1.32 bits per heavy atom. The molecular weight excluding hydrogens is 370 g/mol. The van der Waals surface area contributed by atoms with Gasteiger partial charge in [-0.15, -0.1) is 0 Å². The third-order valence-electron chi connectivity index (χ3n) is 4.71. The standard InChI is InChI=1S/C23H14BrN/c24-17-12-9-16(10-13-17)22-19-7-3-4-8-21(19)25-23-18-6-2-1-5-15(18)11-14-20(22)23/h1-14H. The Labute approximate surface area is 154 Å². The van der Waals surface area contributed by atoms with Crippen LogP contribution in [0.1, 0.15) is 0 Å². The first-order valence-electron chi connectivity index (χ1n) is 8.27. The van der Waals surface area contributed by atoms with Gasteiger partial charge in [0.1, 0.15) is 0 Å². The first-order valence-corrected chi connectivity index (χ1v) is 9.07. The van der Waals surface area contributed by atoms with Gasteiger partial charge in [-0.3, -0.25) is 0 Å². The van der Waals surface area contributed by atoms with Crippen LogP contribution in [0.25, 0.3) is 43.7 Å². The number of hydrogen-bond acceptors (Lipinski definition) is 1. The smallest absolute Gasteiger partial charge is 0.0794 e. The molecule has 0 radical (unpaired) electrons. The van der Waals surface area contributed by atoms with Crippen LogP contribution >= 0.6 is 15.9 Å². The molecule has 5 rings (SSSR count). The Balaban J connectivity index is 2.01. The average Bonchev–Trinajstić information content (AvgIpc) is 2.67. The van der Waals surface area contributed by atoms with Crippen molar-refractivity contribution < 1.29 is 0 Å². The maximum Gasteiger partial charge on any atom is 0.0794 e. The minimum Gasteiger partial charge on any atom is -0.247 e. The van der Waals surface area contributed by atoms with Crippen LogP contribution < -0.4 is 0 Å². The van der Waals surface area contributed by atoms with Crippen molar-refractivity contribution in [1.29, 1.82) is 0 Å². The average molecular weight is 384 g/mol. The van der Waals surface area contributed by atoms with E-state index in [2.05, 4.69) is 101 Å². The highest BCUT2D eigenvalue weighted by Gasteiger charge is 2.12. The first kappa shape index (κ1) is 14.6. The molecule has 1 aromatic heterocycles. The van der Waals surface area contributed by atoms with Crippen LogP contribution in [0, 0.1) is 0 Å². The Kier molecular flexibility index (Phi) is 3.32. The second-order valence-electron chi connectivity index (χ2n) is 6.19. The molecule has 0 unspecified atom stereocenters. The monoisotopic (exact) mass is 383 g/mol. The number of rotatable bonds is 1. The van der Waals surface area contributed by atoms with E-state index in [-0.39, 0.29) is 0 Å². The van der Waals surface area contributed by atoms with Gasteiger partial charge < -0.3 is 0 Å². The molecule has 0 aliphatic heterocycles. The Hall–Kier alpha value is -2.71. The van der Waals surface area contributed by atoms with Crippen molar-refractivity contribution in [2.24, 2.45) is 0 Å². The van der Waals surface area contributed by atoms with Gasteiger partial charge in [-0.1, -0.05) is 82.7 Å². The number of aromatic nitrogens is 1. The molecule has 0 spiro atoms. The van der Waals surface area contributed by atoms with Crippen molar-refractivity contribution >= 4 is 48.5 Å². The zero-order valence-corrected chi connectivity index (χ0v) is 15.0. The topological polar surface area (TPSA) is 12.9 Å². The van der Waals surface area contributed by atoms with E-state index in [1.807, 2.05) is 0 Å². The summed E-state index contributed by atoms with van der Waals surface area (Å²) in [5.74, 6) is 0. The minimum atomic E-state index is 1.03. The summed E-state index contributed by atoms with van der Waals surface area (Å²) in [6.07, 6.45) is 0. The quantitative estimate of drug-likeness (QED) is 0.225. The fourth-order valence-corrected chi connectivity index (χ4v) is 3.82. The van der Waals surface area contributed by atoms with E-state index in [4.69, 9.17) is 4.98 Å². The van der Waals surface area contributed by atoms with Crippen LogP contribution in [0.2, 0.25) is 0 Å². The normalized spacial score (nSPS) is 11.4. The van der Waals surface area contributed by atoms with Gasteiger partial charge in [-0.05, 0) is 29.1 Å². The Morgan fingerprint density at radius 3 is 2.16 bits per heavy atom. The number of halogens is 1. The van der Waals surface area contributed by atoms with E-state index in [0.29, 0.717) is 0 Å². The van der Waals surface area contributed by atoms with Gasteiger partial charge in [-0.2, -0.15) is 0 Å². The van der Waals surface area contributed by atoms with Gasteiger partial charge in [0, 0.05) is 26.2 Å². The number of para-hydroxylation sites is 1. The summed E-state index contributed by atoms with van der Waals surface area (Å²) in [5, 5.41) is 4.80. The molecule has 5 aromatic rings. The molecule has 4 aromatic carbocycles. The molecule has 2 heteroatoms. The first-order chi connectivity index (χ1) is 12.3. The van der Waals surface area contributed by atoms with E-state index >= 15 is 0 Å². The lowest BCUT2D eigenvalue weighted by atomic mass is 9.94. The molecule has 0 aliphatic rings. The predicted molar refractivity (Wildman–Crippen MR) is 110 cm³/mol. The molecule has 1 nitrogen and oxygen atoms in total. The molecule has 0 saturated heterocycles. The number of nitrogens with zero attached hydrogens (tertiary/aromatic N) is 1. The highest BCUT2D eigenvalue weighted by Crippen LogP contribution is 2.37. The Morgan fingerprint density at radius 1 is 0.600 bits per heavy atom. The van der Waals surface area contributed by atoms with Crippen molar-refractivity contribution in [3.05, 3.63) is 89.4 Å². The van der Waals surface area contributed by atoms with E-state index in [9.17, 15) is 0 Å². The van der Waals surface area contributed by atoms with E-state index in [1.54, 1.807) is 0 Å². The fraction of sp³-hybridized carbons (Fsp3) is 0.